The smallest absolute Gasteiger partial charge is 0.254 e. The molecule has 5 nitrogen and oxygen atoms in total. The SMILES string of the molecule is O=C(NCCn1cc(-c2ccccc2)nn1)c1cccc(Cl)c1F. The summed E-state index contributed by atoms with van der Waals surface area (Å²) >= 11 is 5.67. The first-order valence-corrected chi connectivity index (χ1v) is 7.71. The molecule has 0 aliphatic rings. The second kappa shape index (κ2) is 7.23. The fourth-order valence-corrected chi connectivity index (χ4v) is 2.38. The Labute approximate surface area is 143 Å². The van der Waals surface area contributed by atoms with Crippen LogP contribution >= 0.6 is 11.6 Å². The summed E-state index contributed by atoms with van der Waals surface area (Å²) in [6, 6.07) is 14.0. The van der Waals surface area contributed by atoms with Gasteiger partial charge in [-0.1, -0.05) is 53.2 Å². The lowest BCUT2D eigenvalue weighted by Crippen LogP contribution is -2.28. The second-order valence-corrected chi connectivity index (χ2v) is 5.50. The van der Waals surface area contributed by atoms with Crippen molar-refractivity contribution in [2.24, 2.45) is 0 Å². The van der Waals surface area contributed by atoms with Gasteiger partial charge in [-0.25, -0.2) is 4.39 Å². The molecule has 0 aliphatic heterocycles. The van der Waals surface area contributed by atoms with Gasteiger partial charge in [-0.2, -0.15) is 0 Å². The van der Waals surface area contributed by atoms with Crippen molar-refractivity contribution in [2.45, 2.75) is 6.54 Å². The van der Waals surface area contributed by atoms with E-state index >= 15 is 0 Å². The predicted molar refractivity (Wildman–Crippen MR) is 89.2 cm³/mol. The van der Waals surface area contributed by atoms with Gasteiger partial charge in [0.05, 0.1) is 23.3 Å². The zero-order chi connectivity index (χ0) is 16.9. The molecule has 0 saturated carbocycles. The Balaban J connectivity index is 1.58. The largest absolute Gasteiger partial charge is 0.350 e. The topological polar surface area (TPSA) is 59.8 Å². The Bertz CT molecular complexity index is 851. The van der Waals surface area contributed by atoms with Gasteiger partial charge in [0, 0.05) is 12.1 Å². The van der Waals surface area contributed by atoms with Crippen LogP contribution in [-0.2, 0) is 6.54 Å². The highest BCUT2D eigenvalue weighted by Crippen LogP contribution is 2.17. The summed E-state index contributed by atoms with van der Waals surface area (Å²) in [5.74, 6) is -1.23. The van der Waals surface area contributed by atoms with Crippen LogP contribution in [0.2, 0.25) is 5.02 Å². The molecule has 2 aromatic carbocycles. The van der Waals surface area contributed by atoms with E-state index in [4.69, 9.17) is 11.6 Å². The van der Waals surface area contributed by atoms with Crippen molar-refractivity contribution in [1.29, 1.82) is 0 Å². The number of carbonyl (C=O) groups is 1. The zero-order valence-electron chi connectivity index (χ0n) is 12.6. The Morgan fingerprint density at radius 2 is 1.96 bits per heavy atom. The summed E-state index contributed by atoms with van der Waals surface area (Å²) in [5.41, 5.74) is 1.64. The molecule has 1 heterocycles. The van der Waals surface area contributed by atoms with Gasteiger partial charge in [-0.15, -0.1) is 5.10 Å². The number of hydrogen-bond donors (Lipinski definition) is 1. The fraction of sp³-hybridized carbons (Fsp3) is 0.118. The molecule has 0 spiro atoms. The molecule has 1 aromatic heterocycles. The maximum absolute atomic E-state index is 13.8. The highest BCUT2D eigenvalue weighted by atomic mass is 35.5. The Kier molecular flexibility index (Phi) is 4.86. The molecule has 0 fully saturated rings. The highest BCUT2D eigenvalue weighted by molar-refractivity contribution is 6.31. The van der Waals surface area contributed by atoms with Crippen LogP contribution in [0.5, 0.6) is 0 Å². The second-order valence-electron chi connectivity index (χ2n) is 5.09. The van der Waals surface area contributed by atoms with E-state index in [-0.39, 0.29) is 10.6 Å². The molecule has 0 atom stereocenters. The van der Waals surface area contributed by atoms with Gasteiger partial charge >= 0.3 is 0 Å². The fourth-order valence-electron chi connectivity index (χ4n) is 2.21. The van der Waals surface area contributed by atoms with Crippen molar-refractivity contribution in [2.75, 3.05) is 6.54 Å². The quantitative estimate of drug-likeness (QED) is 0.773. The Morgan fingerprint density at radius 3 is 2.75 bits per heavy atom. The van der Waals surface area contributed by atoms with Gasteiger partial charge in [0.15, 0.2) is 5.82 Å². The van der Waals surface area contributed by atoms with Crippen molar-refractivity contribution in [3.63, 3.8) is 0 Å². The van der Waals surface area contributed by atoms with Gasteiger partial charge in [-0.3, -0.25) is 9.48 Å². The number of nitrogens with zero attached hydrogens (tertiary/aromatic N) is 3. The van der Waals surface area contributed by atoms with Crippen molar-refractivity contribution < 1.29 is 9.18 Å². The maximum Gasteiger partial charge on any atom is 0.254 e. The molecule has 3 rings (SSSR count). The molecule has 1 N–H and O–H groups in total. The summed E-state index contributed by atoms with van der Waals surface area (Å²) in [5, 5.41) is 10.7. The van der Waals surface area contributed by atoms with E-state index in [2.05, 4.69) is 15.6 Å². The first kappa shape index (κ1) is 16.1. The van der Waals surface area contributed by atoms with E-state index in [1.165, 1.54) is 18.2 Å². The Hall–Kier alpha value is -2.73. The van der Waals surface area contributed by atoms with Gasteiger partial charge in [0.2, 0.25) is 0 Å². The third kappa shape index (κ3) is 3.60. The minimum atomic E-state index is -0.719. The van der Waals surface area contributed by atoms with Crippen LogP contribution in [0.3, 0.4) is 0 Å². The summed E-state index contributed by atoms with van der Waals surface area (Å²) in [7, 11) is 0. The molecule has 3 aromatic rings. The monoisotopic (exact) mass is 344 g/mol. The summed E-state index contributed by atoms with van der Waals surface area (Å²) in [4.78, 5) is 12.0. The average Bonchev–Trinajstić information content (AvgIpc) is 3.07. The number of aromatic nitrogens is 3. The number of amides is 1. The highest BCUT2D eigenvalue weighted by Gasteiger charge is 2.13. The van der Waals surface area contributed by atoms with Crippen LogP contribution in [-0.4, -0.2) is 27.4 Å². The molecule has 24 heavy (non-hydrogen) atoms. The number of hydrogen-bond acceptors (Lipinski definition) is 3. The number of nitrogens with one attached hydrogen (secondary N) is 1. The van der Waals surface area contributed by atoms with E-state index in [0.29, 0.717) is 13.1 Å². The van der Waals surface area contributed by atoms with Crippen LogP contribution in [0.25, 0.3) is 11.3 Å². The van der Waals surface area contributed by atoms with Crippen LogP contribution in [0.4, 0.5) is 4.39 Å². The molecule has 0 bridgehead atoms. The number of benzene rings is 2. The first-order chi connectivity index (χ1) is 11.6. The lowest BCUT2D eigenvalue weighted by Gasteiger charge is -2.06. The number of carbonyl (C=O) groups excluding carboxylic acids is 1. The first-order valence-electron chi connectivity index (χ1n) is 7.33. The molecule has 1 amide bonds. The predicted octanol–water partition coefficient (Wildman–Crippen LogP) is 3.17. The van der Waals surface area contributed by atoms with Gasteiger partial charge in [-0.05, 0) is 12.1 Å². The zero-order valence-corrected chi connectivity index (χ0v) is 13.4. The van der Waals surface area contributed by atoms with Crippen LogP contribution < -0.4 is 5.32 Å². The number of rotatable bonds is 5. The lowest BCUT2D eigenvalue weighted by molar-refractivity contribution is 0.0948. The number of halogens is 2. The van der Waals surface area contributed by atoms with E-state index in [9.17, 15) is 9.18 Å². The van der Waals surface area contributed by atoms with Crippen LogP contribution in [0, 0.1) is 5.82 Å². The van der Waals surface area contributed by atoms with Crippen molar-refractivity contribution >= 4 is 17.5 Å². The van der Waals surface area contributed by atoms with E-state index in [1.807, 2.05) is 30.3 Å². The van der Waals surface area contributed by atoms with Crippen LogP contribution in [0.1, 0.15) is 10.4 Å². The molecule has 7 heteroatoms. The molecule has 0 radical (unpaired) electrons. The van der Waals surface area contributed by atoms with Gasteiger partial charge < -0.3 is 5.32 Å². The molecule has 0 unspecified atom stereocenters. The summed E-state index contributed by atoms with van der Waals surface area (Å²) < 4.78 is 15.4. The minimum Gasteiger partial charge on any atom is -0.350 e. The van der Waals surface area contributed by atoms with E-state index in [0.717, 1.165) is 11.3 Å². The summed E-state index contributed by atoms with van der Waals surface area (Å²) in [6.07, 6.45) is 1.79. The minimum absolute atomic E-state index is 0.0774. The standard InChI is InChI=1S/C17H14ClFN4O/c18-14-8-4-7-13(16(14)19)17(24)20-9-10-23-11-15(21-22-23)12-5-2-1-3-6-12/h1-8,11H,9-10H2,(H,20,24). The van der Waals surface area contributed by atoms with Crippen molar-refractivity contribution in [3.8, 4) is 11.3 Å². The summed E-state index contributed by atoms with van der Waals surface area (Å²) in [6.45, 7) is 0.718. The van der Waals surface area contributed by atoms with Crippen LogP contribution in [0.15, 0.2) is 54.7 Å². The van der Waals surface area contributed by atoms with Gasteiger partial charge in [0.25, 0.3) is 5.91 Å². The molecular formula is C17H14ClFN4O. The average molecular weight is 345 g/mol. The normalized spacial score (nSPS) is 10.6. The molecule has 0 aliphatic carbocycles. The van der Waals surface area contributed by atoms with E-state index < -0.39 is 11.7 Å². The molecular weight excluding hydrogens is 331 g/mol. The third-order valence-electron chi connectivity index (χ3n) is 3.43. The Morgan fingerprint density at radius 1 is 1.17 bits per heavy atom. The lowest BCUT2D eigenvalue weighted by atomic mass is 10.2. The van der Waals surface area contributed by atoms with Crippen molar-refractivity contribution in [3.05, 3.63) is 71.1 Å². The molecule has 0 saturated heterocycles. The van der Waals surface area contributed by atoms with E-state index in [1.54, 1.807) is 10.9 Å². The maximum atomic E-state index is 13.8. The van der Waals surface area contributed by atoms with Gasteiger partial charge in [0.1, 0.15) is 5.69 Å². The third-order valence-corrected chi connectivity index (χ3v) is 3.72. The molecule has 122 valence electrons. The van der Waals surface area contributed by atoms with Crippen molar-refractivity contribution in [1.82, 2.24) is 20.3 Å².